The van der Waals surface area contributed by atoms with Crippen LogP contribution < -0.4 is 18.9 Å². The molecule has 0 saturated carbocycles. The first-order chi connectivity index (χ1) is 6.70. The molecule has 1 nitrogen and oxygen atoms in total. The van der Waals surface area contributed by atoms with Gasteiger partial charge in [0.25, 0.3) is 0 Å². The molecular weight excluding hydrogens is 177 g/mol. The van der Waals surface area contributed by atoms with Crippen molar-refractivity contribution < 1.29 is 18.9 Å². The van der Waals surface area contributed by atoms with Crippen molar-refractivity contribution in [1.29, 1.82) is 0 Å². The molecule has 0 bridgehead atoms. The van der Waals surface area contributed by atoms with Gasteiger partial charge in [0.05, 0.1) is 0 Å². The minimum Gasteiger partial charge on any atom is -0.698 e. The normalized spacial score (nSPS) is 9.80. The first-order valence-electron chi connectivity index (χ1n) is 5.53. The predicted molar refractivity (Wildman–Crippen MR) is 63.2 cm³/mol. The second-order valence-electron chi connectivity index (χ2n) is 3.88. The van der Waals surface area contributed by atoms with E-state index in [1.54, 1.807) is 0 Å². The maximum Gasteiger partial charge on any atom is 1.00 e. The molecule has 0 aliphatic heterocycles. The Hall–Kier alpha value is -0.383. The monoisotopic (exact) mass is 197 g/mol. The molecule has 0 spiro atoms. The van der Waals surface area contributed by atoms with E-state index >= 15 is 0 Å². The Morgan fingerprint density at radius 1 is 1.07 bits per heavy atom. The van der Waals surface area contributed by atoms with Crippen LogP contribution in [0.2, 0.25) is 0 Å². The predicted octanol–water partition coefficient (Wildman–Crippen LogP) is 1.59. The van der Waals surface area contributed by atoms with Crippen LogP contribution in [0.3, 0.4) is 0 Å². The Labute approximate surface area is 106 Å². The molecule has 0 unspecified atom stereocenters. The molecule has 0 aliphatic carbocycles. The fourth-order valence-corrected chi connectivity index (χ4v) is 1.92. The summed E-state index contributed by atoms with van der Waals surface area (Å²) in [4.78, 5) is 0. The Kier molecular flexibility index (Phi) is 6.81. The van der Waals surface area contributed by atoms with Crippen molar-refractivity contribution in [1.82, 2.24) is 0 Å². The zero-order valence-electron chi connectivity index (χ0n) is 10.5. The van der Waals surface area contributed by atoms with Crippen molar-refractivity contribution in [2.75, 3.05) is 0 Å². The third-order valence-corrected chi connectivity index (χ3v) is 2.73. The summed E-state index contributed by atoms with van der Waals surface area (Å²) in [6.07, 6.45) is 4.50. The fraction of sp³-hybridized carbons (Fsp3) is 0.538. The summed E-state index contributed by atoms with van der Waals surface area (Å²) in [6, 6.07) is 4.06. The number of benzene rings is 1. The average Bonchev–Trinajstić information content (AvgIpc) is 2.17. The van der Waals surface area contributed by atoms with Gasteiger partial charge >= 0.3 is 18.9 Å². The van der Waals surface area contributed by atoms with Crippen molar-refractivity contribution >= 4 is 5.69 Å². The Morgan fingerprint density at radius 2 is 1.67 bits per heavy atom. The van der Waals surface area contributed by atoms with Crippen LogP contribution >= 0.6 is 0 Å². The van der Waals surface area contributed by atoms with Gasteiger partial charge in [-0.05, 0) is 30.9 Å². The molecule has 0 amide bonds. The Bertz CT molecular complexity index is 308. The van der Waals surface area contributed by atoms with E-state index < -0.39 is 0 Å². The van der Waals surface area contributed by atoms with E-state index in [-0.39, 0.29) is 18.9 Å². The number of aryl methyl sites for hydroxylation is 1. The summed E-state index contributed by atoms with van der Waals surface area (Å²) >= 11 is 0. The van der Waals surface area contributed by atoms with E-state index in [2.05, 4.69) is 26.8 Å². The molecule has 0 atom stereocenters. The number of rotatable bonds is 4. The van der Waals surface area contributed by atoms with Crippen LogP contribution in [0.4, 0.5) is 5.69 Å². The Balaban J connectivity index is 0.00000196. The van der Waals surface area contributed by atoms with Crippen LogP contribution in [0, 0.1) is 6.92 Å². The SMILES string of the molecule is CCCc1ccc([NH-])c(CCC)c1C.[Li+]. The third-order valence-electron chi connectivity index (χ3n) is 2.73. The van der Waals surface area contributed by atoms with Gasteiger partial charge < -0.3 is 5.73 Å². The molecular formula is C13H20LiN. The molecule has 0 heterocycles. The molecule has 1 rings (SSSR count). The van der Waals surface area contributed by atoms with Gasteiger partial charge in [0.15, 0.2) is 0 Å². The molecule has 15 heavy (non-hydrogen) atoms. The number of hydrogen-bond donors (Lipinski definition) is 0. The molecule has 0 radical (unpaired) electrons. The Morgan fingerprint density at radius 3 is 2.20 bits per heavy atom. The zero-order chi connectivity index (χ0) is 10.6. The van der Waals surface area contributed by atoms with Gasteiger partial charge in [0.1, 0.15) is 0 Å². The quantitative estimate of drug-likeness (QED) is 0.654. The van der Waals surface area contributed by atoms with Gasteiger partial charge in [-0.25, -0.2) is 0 Å². The molecule has 0 aromatic heterocycles. The van der Waals surface area contributed by atoms with E-state index in [4.69, 9.17) is 5.73 Å². The number of hydrogen-bond acceptors (Lipinski definition) is 0. The van der Waals surface area contributed by atoms with Crippen molar-refractivity contribution in [3.8, 4) is 0 Å². The van der Waals surface area contributed by atoms with Gasteiger partial charge in [-0.2, -0.15) is 0 Å². The van der Waals surface area contributed by atoms with Gasteiger partial charge in [-0.3, -0.25) is 0 Å². The maximum atomic E-state index is 7.84. The molecule has 0 fully saturated rings. The van der Waals surface area contributed by atoms with Crippen molar-refractivity contribution in [2.45, 2.75) is 46.5 Å². The summed E-state index contributed by atoms with van der Waals surface area (Å²) in [7, 11) is 0. The topological polar surface area (TPSA) is 23.8 Å². The van der Waals surface area contributed by atoms with E-state index in [0.29, 0.717) is 5.69 Å². The maximum absolute atomic E-state index is 7.84. The van der Waals surface area contributed by atoms with Crippen LogP contribution in [0.5, 0.6) is 0 Å². The van der Waals surface area contributed by atoms with Crippen molar-refractivity contribution in [2.24, 2.45) is 0 Å². The van der Waals surface area contributed by atoms with Gasteiger partial charge in [-0.15, -0.1) is 5.69 Å². The van der Waals surface area contributed by atoms with Crippen LogP contribution in [0.15, 0.2) is 12.1 Å². The summed E-state index contributed by atoms with van der Waals surface area (Å²) < 4.78 is 0. The molecule has 1 aromatic carbocycles. The fourth-order valence-electron chi connectivity index (χ4n) is 1.92. The van der Waals surface area contributed by atoms with Gasteiger partial charge in [0.2, 0.25) is 0 Å². The van der Waals surface area contributed by atoms with Gasteiger partial charge in [-0.1, -0.05) is 44.4 Å². The van der Waals surface area contributed by atoms with E-state index in [9.17, 15) is 0 Å². The standard InChI is InChI=1S/C13H20N.Li/c1-4-6-11-8-9-13(14)12(7-5-2)10(11)3;/h8-9,14H,4-7H2,1-3H3;/q-1;+1. The summed E-state index contributed by atoms with van der Waals surface area (Å²) in [6.45, 7) is 6.53. The van der Waals surface area contributed by atoms with Crippen molar-refractivity contribution in [3.05, 3.63) is 34.6 Å². The summed E-state index contributed by atoms with van der Waals surface area (Å²) in [5, 5.41) is 0. The molecule has 2 heteroatoms. The third kappa shape index (κ3) is 3.59. The molecule has 0 saturated heterocycles. The smallest absolute Gasteiger partial charge is 0.698 e. The van der Waals surface area contributed by atoms with E-state index in [1.807, 2.05) is 6.07 Å². The minimum atomic E-state index is 0. The summed E-state index contributed by atoms with van der Waals surface area (Å²) in [5.74, 6) is 0. The van der Waals surface area contributed by atoms with E-state index in [1.165, 1.54) is 23.1 Å². The number of nitrogens with one attached hydrogen (secondary N) is 1. The average molecular weight is 197 g/mol. The van der Waals surface area contributed by atoms with Crippen LogP contribution in [-0.4, -0.2) is 0 Å². The second-order valence-corrected chi connectivity index (χ2v) is 3.88. The second kappa shape index (κ2) is 6.98. The minimum absolute atomic E-state index is 0. The van der Waals surface area contributed by atoms with E-state index in [0.717, 1.165) is 19.3 Å². The first kappa shape index (κ1) is 14.6. The largest absolute Gasteiger partial charge is 1.00 e. The molecule has 1 aromatic rings. The first-order valence-corrected chi connectivity index (χ1v) is 5.53. The van der Waals surface area contributed by atoms with Crippen LogP contribution in [0.25, 0.3) is 5.73 Å². The molecule has 1 N–H and O–H groups in total. The zero-order valence-corrected chi connectivity index (χ0v) is 10.5. The van der Waals surface area contributed by atoms with Crippen LogP contribution in [-0.2, 0) is 12.8 Å². The van der Waals surface area contributed by atoms with Crippen LogP contribution in [0.1, 0.15) is 43.4 Å². The molecule has 0 aliphatic rings. The van der Waals surface area contributed by atoms with Crippen molar-refractivity contribution in [3.63, 3.8) is 0 Å². The molecule has 78 valence electrons. The van der Waals surface area contributed by atoms with Gasteiger partial charge in [0, 0.05) is 0 Å². The summed E-state index contributed by atoms with van der Waals surface area (Å²) in [5.41, 5.74) is 12.6.